The van der Waals surface area contributed by atoms with Crippen LogP contribution in [-0.4, -0.2) is 37.6 Å². The van der Waals surface area contributed by atoms with Gasteiger partial charge in [0.15, 0.2) is 0 Å². The van der Waals surface area contributed by atoms with Gasteiger partial charge < -0.3 is 4.74 Å². The number of rotatable bonds is 6. The third-order valence-electron chi connectivity index (χ3n) is 4.44. The predicted octanol–water partition coefficient (Wildman–Crippen LogP) is 3.01. The first kappa shape index (κ1) is 15.2. The van der Waals surface area contributed by atoms with Crippen LogP contribution in [0.1, 0.15) is 46.5 Å². The van der Waals surface area contributed by atoms with Crippen molar-refractivity contribution in [2.75, 3.05) is 26.7 Å². The molecule has 0 saturated carbocycles. The van der Waals surface area contributed by atoms with Crippen molar-refractivity contribution < 1.29 is 9.53 Å². The fourth-order valence-electron chi connectivity index (χ4n) is 2.75. The lowest BCUT2D eigenvalue weighted by Gasteiger charge is -2.26. The Morgan fingerprint density at radius 3 is 2.44 bits per heavy atom. The molecule has 0 atom stereocenters. The molecule has 3 nitrogen and oxygen atoms in total. The Morgan fingerprint density at radius 2 is 2.00 bits per heavy atom. The molecule has 104 valence electrons. The summed E-state index contributed by atoms with van der Waals surface area (Å²) in [6.07, 6.45) is 6.57. The Hall–Kier alpha value is -0.830. The fourth-order valence-corrected chi connectivity index (χ4v) is 2.75. The number of esters is 1. The second kappa shape index (κ2) is 6.93. The van der Waals surface area contributed by atoms with Crippen LogP contribution in [0.5, 0.6) is 0 Å². The summed E-state index contributed by atoms with van der Waals surface area (Å²) in [6, 6.07) is 0. The van der Waals surface area contributed by atoms with Gasteiger partial charge in [-0.25, -0.2) is 4.79 Å². The van der Waals surface area contributed by atoms with Crippen LogP contribution in [0.15, 0.2) is 11.6 Å². The van der Waals surface area contributed by atoms with E-state index in [-0.39, 0.29) is 5.97 Å². The molecular formula is C15H27NO2. The Balaban J connectivity index is 2.55. The van der Waals surface area contributed by atoms with Crippen molar-refractivity contribution in [3.8, 4) is 0 Å². The fraction of sp³-hybridized carbons (Fsp3) is 0.800. The minimum absolute atomic E-state index is 0.186. The van der Waals surface area contributed by atoms with E-state index >= 15 is 0 Å². The van der Waals surface area contributed by atoms with Crippen LogP contribution >= 0.6 is 0 Å². The lowest BCUT2D eigenvalue weighted by atomic mass is 9.82. The maximum absolute atomic E-state index is 11.5. The van der Waals surface area contributed by atoms with E-state index in [9.17, 15) is 4.79 Å². The number of likely N-dealkylation sites (tertiary alicyclic amines) is 1. The number of nitrogens with zero attached hydrogens (tertiary/aromatic N) is 1. The first-order valence-corrected chi connectivity index (χ1v) is 7.10. The van der Waals surface area contributed by atoms with Gasteiger partial charge in [-0.05, 0) is 37.6 Å². The van der Waals surface area contributed by atoms with Crippen molar-refractivity contribution in [3.63, 3.8) is 0 Å². The van der Waals surface area contributed by atoms with Gasteiger partial charge in [-0.1, -0.05) is 26.8 Å². The molecule has 0 aliphatic carbocycles. The molecule has 3 heteroatoms. The third kappa shape index (κ3) is 3.58. The van der Waals surface area contributed by atoms with Crippen molar-refractivity contribution in [1.29, 1.82) is 0 Å². The van der Waals surface area contributed by atoms with Crippen molar-refractivity contribution in [3.05, 3.63) is 11.6 Å². The molecule has 0 aromatic heterocycles. The summed E-state index contributed by atoms with van der Waals surface area (Å²) in [6.45, 7) is 9.75. The zero-order valence-electron chi connectivity index (χ0n) is 12.3. The lowest BCUT2D eigenvalue weighted by Crippen LogP contribution is -2.26. The molecule has 1 rings (SSSR count). The largest absolute Gasteiger partial charge is 0.466 e. The highest BCUT2D eigenvalue weighted by Gasteiger charge is 2.34. The van der Waals surface area contributed by atoms with Crippen LogP contribution in [-0.2, 0) is 9.53 Å². The minimum Gasteiger partial charge on any atom is -0.466 e. The zero-order chi connectivity index (χ0) is 13.6. The van der Waals surface area contributed by atoms with E-state index in [0.717, 1.165) is 31.6 Å². The highest BCUT2D eigenvalue weighted by molar-refractivity contribution is 5.88. The van der Waals surface area contributed by atoms with Gasteiger partial charge in [0.1, 0.15) is 0 Å². The quantitative estimate of drug-likeness (QED) is 0.538. The number of carbonyl (C=O) groups is 1. The van der Waals surface area contributed by atoms with E-state index in [4.69, 9.17) is 4.74 Å². The van der Waals surface area contributed by atoms with Gasteiger partial charge in [0.05, 0.1) is 7.11 Å². The second-order valence-corrected chi connectivity index (χ2v) is 5.27. The van der Waals surface area contributed by atoms with E-state index in [1.54, 1.807) is 0 Å². The first-order chi connectivity index (χ1) is 8.60. The molecule has 18 heavy (non-hydrogen) atoms. The summed E-state index contributed by atoms with van der Waals surface area (Å²) in [4.78, 5) is 13.9. The van der Waals surface area contributed by atoms with E-state index < -0.39 is 0 Å². The molecule has 0 N–H and O–H groups in total. The molecule has 0 amide bonds. The van der Waals surface area contributed by atoms with Crippen LogP contribution in [0, 0.1) is 5.41 Å². The third-order valence-corrected chi connectivity index (χ3v) is 4.44. The Morgan fingerprint density at radius 1 is 1.33 bits per heavy atom. The highest BCUT2D eigenvalue weighted by atomic mass is 16.5. The SMILES string of the molecule is CCC(=CCN1CCC(CC)(CC)C1)C(=O)OC. The van der Waals surface area contributed by atoms with Crippen molar-refractivity contribution in [1.82, 2.24) is 4.90 Å². The van der Waals surface area contributed by atoms with Gasteiger partial charge in [-0.2, -0.15) is 0 Å². The van der Waals surface area contributed by atoms with E-state index in [2.05, 4.69) is 18.7 Å². The van der Waals surface area contributed by atoms with Gasteiger partial charge in [-0.3, -0.25) is 4.90 Å². The molecule has 0 unspecified atom stereocenters. The molecule has 0 radical (unpaired) electrons. The van der Waals surface area contributed by atoms with E-state index in [1.807, 2.05) is 13.0 Å². The standard InChI is InChI=1S/C15H27NO2/c1-5-13(14(17)18-4)8-10-16-11-9-15(6-2,7-3)12-16/h8H,5-7,9-12H2,1-4H3. The topological polar surface area (TPSA) is 29.5 Å². The zero-order valence-corrected chi connectivity index (χ0v) is 12.3. The molecule has 0 aromatic carbocycles. The average molecular weight is 253 g/mol. The summed E-state index contributed by atoms with van der Waals surface area (Å²) in [5.74, 6) is -0.186. The molecule has 1 aliphatic rings. The second-order valence-electron chi connectivity index (χ2n) is 5.27. The molecule has 1 heterocycles. The summed E-state index contributed by atoms with van der Waals surface area (Å²) in [7, 11) is 1.45. The van der Waals surface area contributed by atoms with E-state index in [1.165, 1.54) is 26.4 Å². The molecule has 1 aliphatic heterocycles. The van der Waals surface area contributed by atoms with Gasteiger partial charge >= 0.3 is 5.97 Å². The van der Waals surface area contributed by atoms with Crippen molar-refractivity contribution >= 4 is 5.97 Å². The van der Waals surface area contributed by atoms with Crippen LogP contribution in [0.2, 0.25) is 0 Å². The maximum Gasteiger partial charge on any atom is 0.333 e. The highest BCUT2D eigenvalue weighted by Crippen LogP contribution is 2.36. The molecular weight excluding hydrogens is 226 g/mol. The normalized spacial score (nSPS) is 20.1. The van der Waals surface area contributed by atoms with Gasteiger partial charge in [0, 0.05) is 18.7 Å². The summed E-state index contributed by atoms with van der Waals surface area (Å²) in [5, 5.41) is 0. The summed E-state index contributed by atoms with van der Waals surface area (Å²) in [5.41, 5.74) is 1.30. The summed E-state index contributed by atoms with van der Waals surface area (Å²) < 4.78 is 4.78. The predicted molar refractivity (Wildman–Crippen MR) is 74.5 cm³/mol. The van der Waals surface area contributed by atoms with Crippen LogP contribution in [0.25, 0.3) is 0 Å². The van der Waals surface area contributed by atoms with Crippen LogP contribution < -0.4 is 0 Å². The van der Waals surface area contributed by atoms with Crippen LogP contribution in [0.4, 0.5) is 0 Å². The minimum atomic E-state index is -0.186. The Kier molecular flexibility index (Phi) is 5.86. The Labute approximate surface area is 111 Å². The maximum atomic E-state index is 11.5. The monoisotopic (exact) mass is 253 g/mol. The average Bonchev–Trinajstić information content (AvgIpc) is 2.83. The number of ether oxygens (including phenoxy) is 1. The first-order valence-electron chi connectivity index (χ1n) is 7.10. The lowest BCUT2D eigenvalue weighted by molar-refractivity contribution is -0.136. The molecule has 1 fully saturated rings. The van der Waals surface area contributed by atoms with Crippen LogP contribution in [0.3, 0.4) is 0 Å². The van der Waals surface area contributed by atoms with E-state index in [0.29, 0.717) is 5.41 Å². The van der Waals surface area contributed by atoms with Gasteiger partial charge in [-0.15, -0.1) is 0 Å². The van der Waals surface area contributed by atoms with Crippen molar-refractivity contribution in [2.45, 2.75) is 46.5 Å². The smallest absolute Gasteiger partial charge is 0.333 e. The molecule has 0 spiro atoms. The summed E-state index contributed by atoms with van der Waals surface area (Å²) >= 11 is 0. The van der Waals surface area contributed by atoms with Gasteiger partial charge in [0.25, 0.3) is 0 Å². The number of hydrogen-bond acceptors (Lipinski definition) is 3. The van der Waals surface area contributed by atoms with Gasteiger partial charge in [0.2, 0.25) is 0 Å². The number of carbonyl (C=O) groups excluding carboxylic acids is 1. The molecule has 0 bridgehead atoms. The van der Waals surface area contributed by atoms with Crippen molar-refractivity contribution in [2.24, 2.45) is 5.41 Å². The molecule has 1 saturated heterocycles. The molecule has 0 aromatic rings. The Bertz CT molecular complexity index is 306. The number of hydrogen-bond donors (Lipinski definition) is 0. The number of methoxy groups -OCH3 is 1.